The van der Waals surface area contributed by atoms with Crippen LogP contribution in [0, 0.1) is 18.4 Å². The summed E-state index contributed by atoms with van der Waals surface area (Å²) in [5, 5.41) is 10.2. The summed E-state index contributed by atoms with van der Waals surface area (Å²) in [5.74, 6) is 2.10. The Morgan fingerprint density at radius 2 is 2.42 bits per heavy atom. The minimum Gasteiger partial charge on any atom is -0.389 e. The number of terminal acetylenes is 1. The van der Waals surface area contributed by atoms with Gasteiger partial charge in [0.1, 0.15) is 18.9 Å². The Hall–Kier alpha value is -2.22. The van der Waals surface area contributed by atoms with Gasteiger partial charge in [-0.1, -0.05) is 5.92 Å². The number of nitrogens with zero attached hydrogens (tertiary/aromatic N) is 4. The van der Waals surface area contributed by atoms with E-state index in [9.17, 15) is 14.1 Å². The smallest absolute Gasteiger partial charge is 0.389 e. The zero-order valence-corrected chi connectivity index (χ0v) is 12.9. The van der Waals surface area contributed by atoms with E-state index in [1.807, 2.05) is 0 Å². The number of nitrogens with two attached hydrogens (primary N) is 1. The van der Waals surface area contributed by atoms with Crippen molar-refractivity contribution in [1.82, 2.24) is 19.5 Å². The quantitative estimate of drug-likeness (QED) is 0.387. The van der Waals surface area contributed by atoms with Gasteiger partial charge in [-0.15, -0.1) is 15.8 Å². The van der Waals surface area contributed by atoms with Crippen molar-refractivity contribution in [3.05, 3.63) is 12.4 Å². The summed E-state index contributed by atoms with van der Waals surface area (Å²) in [6.07, 6.45) is 3.62. The van der Waals surface area contributed by atoms with Gasteiger partial charge in [0.2, 0.25) is 0 Å². The number of aliphatic hydroxyl groups excluding tert-OH is 1. The molecule has 24 heavy (non-hydrogen) atoms. The van der Waals surface area contributed by atoms with E-state index in [1.54, 1.807) is 0 Å². The maximum atomic E-state index is 13.4. The third kappa shape index (κ3) is 2.71. The lowest BCUT2D eigenvalue weighted by molar-refractivity contribution is -0.0843. The van der Waals surface area contributed by atoms with E-state index in [1.165, 1.54) is 10.9 Å². The van der Waals surface area contributed by atoms with Crippen LogP contribution >= 0.6 is 8.25 Å². The molecule has 0 aromatic carbocycles. The van der Waals surface area contributed by atoms with Gasteiger partial charge in [0.15, 0.2) is 22.6 Å². The van der Waals surface area contributed by atoms with E-state index in [0.717, 1.165) is 0 Å². The predicted octanol–water partition coefficient (Wildman–Crippen LogP) is -0.134. The molecule has 2 aromatic heterocycles. The number of hydrogen-bond acceptors (Lipinski definition) is 8. The molecule has 0 aliphatic carbocycles. The fraction of sp³-hybridized carbons (Fsp3) is 0.417. The van der Waals surface area contributed by atoms with Crippen LogP contribution < -0.4 is 5.73 Å². The Bertz CT molecular complexity index is 854. The average Bonchev–Trinajstić information content (AvgIpc) is 3.07. The summed E-state index contributed by atoms with van der Waals surface area (Å²) in [7, 11) is -2.91. The van der Waals surface area contributed by atoms with E-state index in [2.05, 4.69) is 25.4 Å². The fourth-order valence-corrected chi connectivity index (χ4v) is 2.80. The molecule has 0 saturated carbocycles. The fourth-order valence-electron chi connectivity index (χ4n) is 2.50. The van der Waals surface area contributed by atoms with Gasteiger partial charge in [-0.25, -0.2) is 4.98 Å². The highest BCUT2D eigenvalue weighted by molar-refractivity contribution is 7.32. The van der Waals surface area contributed by atoms with Gasteiger partial charge in [0, 0.05) is 11.0 Å². The second-order valence-corrected chi connectivity index (χ2v) is 5.80. The first-order chi connectivity index (χ1) is 11.4. The Kier molecular flexibility index (Phi) is 4.16. The lowest BCUT2D eigenvalue weighted by Crippen LogP contribution is -2.42. The number of halogens is 1. The molecule has 1 aliphatic rings. The summed E-state index contributed by atoms with van der Waals surface area (Å²) in [5.41, 5.74) is 4.19. The summed E-state index contributed by atoms with van der Waals surface area (Å²) in [4.78, 5) is 19.7. The van der Waals surface area contributed by atoms with Crippen LogP contribution in [0.2, 0.25) is 0 Å². The van der Waals surface area contributed by atoms with Crippen molar-refractivity contribution in [1.29, 1.82) is 0 Å². The highest BCUT2D eigenvalue weighted by atomic mass is 31.1. The standard InChI is InChI=1S/C12H11FN5O5P/c1-2-12(4-22-24(20)21)6(19)3-7(23-12)18-5-15-8-9(14)16-11(13)17-10(8)18/h1,5-7,19H,3-4H2,(H2-,14,16,17,20,21)/p+1/t6?,7-,12-/m1/s1. The van der Waals surface area contributed by atoms with E-state index in [-0.39, 0.29) is 23.4 Å². The third-order valence-corrected chi connectivity index (χ3v) is 4.02. The van der Waals surface area contributed by atoms with Gasteiger partial charge in [-0.05, 0) is 0 Å². The van der Waals surface area contributed by atoms with Crippen LogP contribution in [0.1, 0.15) is 12.6 Å². The molecule has 0 amide bonds. The van der Waals surface area contributed by atoms with E-state index in [4.69, 9.17) is 21.8 Å². The molecular formula is C12H12FN5O5P+. The summed E-state index contributed by atoms with van der Waals surface area (Å²) >= 11 is 0. The van der Waals surface area contributed by atoms with Crippen LogP contribution in [-0.4, -0.2) is 47.8 Å². The van der Waals surface area contributed by atoms with Crippen molar-refractivity contribution in [2.45, 2.75) is 24.4 Å². The van der Waals surface area contributed by atoms with Gasteiger partial charge >= 0.3 is 14.3 Å². The molecule has 12 heteroatoms. The van der Waals surface area contributed by atoms with Crippen molar-refractivity contribution < 1.29 is 28.2 Å². The minimum atomic E-state index is -2.91. The molecule has 10 nitrogen and oxygen atoms in total. The number of hydrogen-bond donors (Lipinski definition) is 3. The molecule has 0 radical (unpaired) electrons. The summed E-state index contributed by atoms with van der Waals surface area (Å²) < 4.78 is 35.7. The van der Waals surface area contributed by atoms with Crippen LogP contribution in [0.15, 0.2) is 6.33 Å². The number of aliphatic hydroxyl groups is 1. The van der Waals surface area contributed by atoms with Crippen molar-refractivity contribution in [2.24, 2.45) is 0 Å². The predicted molar refractivity (Wildman–Crippen MR) is 77.8 cm³/mol. The number of fused-ring (bicyclic) bond motifs is 1. The molecule has 4 N–H and O–H groups in total. The summed E-state index contributed by atoms with van der Waals surface area (Å²) in [6.45, 7) is -0.495. The molecule has 3 rings (SSSR count). The molecule has 1 fully saturated rings. The zero-order chi connectivity index (χ0) is 17.5. The minimum absolute atomic E-state index is 0.00670. The monoisotopic (exact) mass is 356 g/mol. The second-order valence-electron chi connectivity index (χ2n) is 5.07. The first-order valence-corrected chi connectivity index (χ1v) is 7.77. The lowest BCUT2D eigenvalue weighted by atomic mass is 9.99. The van der Waals surface area contributed by atoms with Crippen LogP contribution in [0.4, 0.5) is 10.2 Å². The van der Waals surface area contributed by atoms with Crippen molar-refractivity contribution in [2.75, 3.05) is 12.3 Å². The first kappa shape index (κ1) is 16.6. The third-order valence-electron chi connectivity index (χ3n) is 3.67. The number of imidazole rings is 1. The van der Waals surface area contributed by atoms with Crippen molar-refractivity contribution in [3.8, 4) is 12.3 Å². The molecule has 0 bridgehead atoms. The zero-order valence-electron chi connectivity index (χ0n) is 12.0. The maximum absolute atomic E-state index is 13.4. The Morgan fingerprint density at radius 3 is 3.08 bits per heavy atom. The molecule has 2 unspecified atom stereocenters. The van der Waals surface area contributed by atoms with Crippen LogP contribution in [0.3, 0.4) is 0 Å². The first-order valence-electron chi connectivity index (χ1n) is 6.64. The molecular weight excluding hydrogens is 344 g/mol. The van der Waals surface area contributed by atoms with Crippen molar-refractivity contribution >= 4 is 25.2 Å². The Labute approximate surface area is 135 Å². The maximum Gasteiger partial charge on any atom is 0.694 e. The molecule has 2 aromatic rings. The van der Waals surface area contributed by atoms with Gasteiger partial charge in [-0.3, -0.25) is 4.57 Å². The Balaban J connectivity index is 1.95. The number of rotatable bonds is 4. The largest absolute Gasteiger partial charge is 0.694 e. The molecule has 1 aliphatic heterocycles. The molecule has 0 spiro atoms. The van der Waals surface area contributed by atoms with Crippen LogP contribution in [0.5, 0.6) is 0 Å². The van der Waals surface area contributed by atoms with Gasteiger partial charge in [0.25, 0.3) is 0 Å². The highest BCUT2D eigenvalue weighted by Crippen LogP contribution is 2.39. The van der Waals surface area contributed by atoms with Gasteiger partial charge in [0.05, 0.1) is 6.33 Å². The topological polar surface area (TPSA) is 146 Å². The number of ether oxygens (including phenoxy) is 1. The molecule has 1 saturated heterocycles. The van der Waals surface area contributed by atoms with Crippen molar-refractivity contribution in [3.63, 3.8) is 0 Å². The number of aromatic nitrogens is 4. The Morgan fingerprint density at radius 1 is 1.67 bits per heavy atom. The van der Waals surface area contributed by atoms with Gasteiger partial charge in [-0.2, -0.15) is 14.4 Å². The van der Waals surface area contributed by atoms with Gasteiger partial charge < -0.3 is 15.6 Å². The van der Waals surface area contributed by atoms with E-state index >= 15 is 0 Å². The van der Waals surface area contributed by atoms with E-state index in [0.29, 0.717) is 0 Å². The SMILES string of the molecule is C#C[C@]1(CO[P+](=O)O)O[C@@H](n2cnc3c(N)nc(F)nc32)CC1O. The molecule has 3 heterocycles. The molecule has 126 valence electrons. The highest BCUT2D eigenvalue weighted by Gasteiger charge is 2.50. The number of nitrogen functional groups attached to an aromatic ring is 1. The lowest BCUT2D eigenvalue weighted by Gasteiger charge is -2.23. The van der Waals surface area contributed by atoms with E-state index < -0.39 is 38.9 Å². The average molecular weight is 356 g/mol. The van der Waals surface area contributed by atoms with Crippen LogP contribution in [-0.2, 0) is 13.8 Å². The second kappa shape index (κ2) is 6.01. The normalized spacial score (nSPS) is 27.3. The molecule has 4 atom stereocenters. The van der Waals surface area contributed by atoms with Crippen LogP contribution in [0.25, 0.3) is 11.2 Å². The summed E-state index contributed by atoms with van der Waals surface area (Å²) in [6, 6.07) is 0. The number of anilines is 1.